The Morgan fingerprint density at radius 2 is 0.940 bits per heavy atom. The molecular formula is C45H88N2O3. The second kappa shape index (κ2) is 42.2. The Morgan fingerprint density at radius 3 is 1.38 bits per heavy atom. The molecule has 0 rings (SSSR count). The fraction of sp³-hybridized carbons (Fsp3) is 0.889. The number of amides is 1. The lowest BCUT2D eigenvalue weighted by molar-refractivity contribution is -0.122. The average Bonchev–Trinajstić information content (AvgIpc) is 3.10. The molecule has 0 fully saturated rings. The van der Waals surface area contributed by atoms with E-state index in [0.717, 1.165) is 39.0 Å². The molecule has 1 amide bonds. The Labute approximate surface area is 313 Å². The van der Waals surface area contributed by atoms with Gasteiger partial charge in [0.1, 0.15) is 0 Å². The molecule has 1 unspecified atom stereocenters. The van der Waals surface area contributed by atoms with Gasteiger partial charge in [-0.05, 0) is 91.3 Å². The summed E-state index contributed by atoms with van der Waals surface area (Å²) in [5, 5.41) is 3.10. The first-order chi connectivity index (χ1) is 24.6. The van der Waals surface area contributed by atoms with Gasteiger partial charge in [-0.1, -0.05) is 154 Å². The van der Waals surface area contributed by atoms with Gasteiger partial charge in [-0.2, -0.15) is 0 Å². The standard InChI is InChI=1S/C45H88N2O3/c1-5-7-9-11-13-15-17-19-21-23-25-27-29-31-33-35-40-49-43-44(42-46-45(48)38-37-39-47(3)4)50-41-36-34-32-30-28-26-24-22-20-18-16-14-12-10-8-6-2/h19-22,44H,5-18,23-43H2,1-4H3,(H,46,48)/b21-19-,22-20-. The Bertz CT molecular complexity index is 723. The predicted octanol–water partition coefficient (Wildman–Crippen LogP) is 12.9. The smallest absolute Gasteiger partial charge is 0.220 e. The molecule has 0 heterocycles. The molecule has 1 atom stereocenters. The number of nitrogens with one attached hydrogen (secondary N) is 1. The molecule has 0 aliphatic carbocycles. The Kier molecular flexibility index (Phi) is 41.3. The summed E-state index contributed by atoms with van der Waals surface area (Å²) in [7, 11) is 4.10. The summed E-state index contributed by atoms with van der Waals surface area (Å²) in [5.74, 6) is 0.117. The van der Waals surface area contributed by atoms with Crippen molar-refractivity contribution in [2.75, 3.05) is 47.0 Å². The molecule has 0 aliphatic rings. The van der Waals surface area contributed by atoms with Gasteiger partial charge in [-0.15, -0.1) is 0 Å². The van der Waals surface area contributed by atoms with Gasteiger partial charge in [0.2, 0.25) is 5.91 Å². The van der Waals surface area contributed by atoms with Crippen molar-refractivity contribution in [3.63, 3.8) is 0 Å². The number of carbonyl (C=O) groups excluding carboxylic acids is 1. The van der Waals surface area contributed by atoms with Crippen LogP contribution in [0.4, 0.5) is 0 Å². The van der Waals surface area contributed by atoms with Gasteiger partial charge < -0.3 is 19.7 Å². The predicted molar refractivity (Wildman–Crippen MR) is 220 cm³/mol. The van der Waals surface area contributed by atoms with E-state index in [9.17, 15) is 4.79 Å². The highest BCUT2D eigenvalue weighted by molar-refractivity contribution is 5.75. The van der Waals surface area contributed by atoms with Crippen LogP contribution in [0.5, 0.6) is 0 Å². The molecule has 0 aliphatic heterocycles. The molecule has 5 heteroatoms. The Hall–Kier alpha value is -1.17. The van der Waals surface area contributed by atoms with Gasteiger partial charge in [0.25, 0.3) is 0 Å². The van der Waals surface area contributed by atoms with E-state index >= 15 is 0 Å². The molecular weight excluding hydrogens is 617 g/mol. The Balaban J connectivity index is 3.94. The van der Waals surface area contributed by atoms with E-state index in [0.29, 0.717) is 19.6 Å². The maximum Gasteiger partial charge on any atom is 0.220 e. The third kappa shape index (κ3) is 41.3. The summed E-state index contributed by atoms with van der Waals surface area (Å²) < 4.78 is 12.3. The monoisotopic (exact) mass is 705 g/mol. The molecule has 0 aromatic heterocycles. The van der Waals surface area contributed by atoms with Crippen molar-refractivity contribution in [3.8, 4) is 0 Å². The van der Waals surface area contributed by atoms with Crippen molar-refractivity contribution in [2.24, 2.45) is 0 Å². The summed E-state index contributed by atoms with van der Waals surface area (Å²) in [4.78, 5) is 14.5. The van der Waals surface area contributed by atoms with Crippen LogP contribution in [0.1, 0.15) is 206 Å². The molecule has 0 aromatic rings. The normalized spacial score (nSPS) is 12.6. The van der Waals surface area contributed by atoms with Crippen molar-refractivity contribution in [1.82, 2.24) is 10.2 Å². The summed E-state index contributed by atoms with van der Waals surface area (Å²) in [6, 6.07) is 0. The van der Waals surface area contributed by atoms with Crippen LogP contribution in [-0.4, -0.2) is 63.9 Å². The van der Waals surface area contributed by atoms with Gasteiger partial charge in [0, 0.05) is 26.2 Å². The first kappa shape index (κ1) is 48.8. The quantitative estimate of drug-likeness (QED) is 0.0508. The van der Waals surface area contributed by atoms with Crippen LogP contribution in [0.25, 0.3) is 0 Å². The van der Waals surface area contributed by atoms with Crippen LogP contribution in [0, 0.1) is 0 Å². The van der Waals surface area contributed by atoms with E-state index in [1.165, 1.54) is 167 Å². The lowest BCUT2D eigenvalue weighted by Crippen LogP contribution is -2.37. The molecule has 0 saturated carbocycles. The average molecular weight is 705 g/mol. The second-order valence-electron chi connectivity index (χ2n) is 15.2. The number of allylic oxidation sites excluding steroid dienone is 4. The highest BCUT2D eigenvalue weighted by Crippen LogP contribution is 2.12. The topological polar surface area (TPSA) is 50.8 Å². The van der Waals surface area contributed by atoms with E-state index < -0.39 is 0 Å². The minimum absolute atomic E-state index is 0.0648. The number of hydrogen-bond donors (Lipinski definition) is 1. The van der Waals surface area contributed by atoms with E-state index in [1.54, 1.807) is 0 Å². The first-order valence-electron chi connectivity index (χ1n) is 22.0. The molecule has 5 nitrogen and oxygen atoms in total. The van der Waals surface area contributed by atoms with Gasteiger partial charge in [0.15, 0.2) is 0 Å². The summed E-state index contributed by atoms with van der Waals surface area (Å²) in [6.07, 6.45) is 47.8. The molecule has 296 valence electrons. The number of nitrogens with zero attached hydrogens (tertiary/aromatic N) is 1. The minimum atomic E-state index is -0.0648. The molecule has 0 radical (unpaired) electrons. The van der Waals surface area contributed by atoms with Crippen molar-refractivity contribution in [2.45, 2.75) is 213 Å². The lowest BCUT2D eigenvalue weighted by Gasteiger charge is -2.19. The van der Waals surface area contributed by atoms with E-state index in [2.05, 4.69) is 48.4 Å². The van der Waals surface area contributed by atoms with Gasteiger partial charge in [0.05, 0.1) is 12.7 Å². The second-order valence-corrected chi connectivity index (χ2v) is 15.2. The molecule has 50 heavy (non-hydrogen) atoms. The summed E-state index contributed by atoms with van der Waals surface area (Å²) in [5.41, 5.74) is 0. The maximum absolute atomic E-state index is 12.4. The minimum Gasteiger partial charge on any atom is -0.379 e. The number of rotatable bonds is 41. The number of unbranched alkanes of at least 4 members (excludes halogenated alkanes) is 24. The van der Waals surface area contributed by atoms with E-state index in [-0.39, 0.29) is 12.0 Å². The molecule has 0 aromatic carbocycles. The molecule has 1 N–H and O–H groups in total. The molecule has 0 saturated heterocycles. The highest BCUT2D eigenvalue weighted by atomic mass is 16.5. The largest absolute Gasteiger partial charge is 0.379 e. The third-order valence-corrected chi connectivity index (χ3v) is 9.65. The molecule has 0 bridgehead atoms. The van der Waals surface area contributed by atoms with Crippen molar-refractivity contribution < 1.29 is 14.3 Å². The maximum atomic E-state index is 12.4. The number of carbonyl (C=O) groups is 1. The van der Waals surface area contributed by atoms with Crippen LogP contribution in [-0.2, 0) is 14.3 Å². The third-order valence-electron chi connectivity index (χ3n) is 9.65. The lowest BCUT2D eigenvalue weighted by atomic mass is 10.1. The van der Waals surface area contributed by atoms with Crippen LogP contribution in [0.15, 0.2) is 24.3 Å². The summed E-state index contributed by atoms with van der Waals surface area (Å²) >= 11 is 0. The van der Waals surface area contributed by atoms with E-state index in [1.807, 2.05) is 14.1 Å². The molecule has 0 spiro atoms. The fourth-order valence-corrected chi connectivity index (χ4v) is 6.30. The van der Waals surface area contributed by atoms with Crippen LogP contribution < -0.4 is 5.32 Å². The summed E-state index contributed by atoms with van der Waals surface area (Å²) in [6.45, 7) is 8.14. The van der Waals surface area contributed by atoms with Gasteiger partial charge in [-0.3, -0.25) is 4.79 Å². The van der Waals surface area contributed by atoms with Crippen molar-refractivity contribution >= 4 is 5.91 Å². The van der Waals surface area contributed by atoms with E-state index in [4.69, 9.17) is 9.47 Å². The zero-order chi connectivity index (χ0) is 36.4. The van der Waals surface area contributed by atoms with Gasteiger partial charge >= 0.3 is 0 Å². The number of ether oxygens (including phenoxy) is 2. The SMILES string of the molecule is CCCCCCCC/C=C\CCCCCCCCOCC(CNC(=O)CCCN(C)C)OCCCCCCCC/C=C\CCCCCCCC. The van der Waals surface area contributed by atoms with Crippen LogP contribution in [0.3, 0.4) is 0 Å². The fourth-order valence-electron chi connectivity index (χ4n) is 6.30. The zero-order valence-corrected chi connectivity index (χ0v) is 34.3. The van der Waals surface area contributed by atoms with Gasteiger partial charge in [-0.25, -0.2) is 0 Å². The highest BCUT2D eigenvalue weighted by Gasteiger charge is 2.12. The van der Waals surface area contributed by atoms with Crippen LogP contribution in [0.2, 0.25) is 0 Å². The first-order valence-corrected chi connectivity index (χ1v) is 22.0. The van der Waals surface area contributed by atoms with Crippen molar-refractivity contribution in [3.05, 3.63) is 24.3 Å². The Morgan fingerprint density at radius 1 is 0.540 bits per heavy atom. The number of hydrogen-bond acceptors (Lipinski definition) is 4. The van der Waals surface area contributed by atoms with Crippen molar-refractivity contribution in [1.29, 1.82) is 0 Å². The zero-order valence-electron chi connectivity index (χ0n) is 34.3. The van der Waals surface area contributed by atoms with Crippen LogP contribution >= 0.6 is 0 Å².